The van der Waals surface area contributed by atoms with Gasteiger partial charge in [0, 0.05) is 11.0 Å². The number of ether oxygens (including phenoxy) is 1. The molecule has 0 aliphatic heterocycles. The summed E-state index contributed by atoms with van der Waals surface area (Å²) in [6.07, 6.45) is 2.97. The SMILES string of the molecule is OC1CCC(CNCCOc2cccc(Br)c2)C1. The van der Waals surface area contributed by atoms with Crippen LogP contribution in [0.25, 0.3) is 0 Å². The highest BCUT2D eigenvalue weighted by molar-refractivity contribution is 9.10. The fraction of sp³-hybridized carbons (Fsp3) is 0.571. The van der Waals surface area contributed by atoms with E-state index in [1.165, 1.54) is 0 Å². The first-order valence-electron chi connectivity index (χ1n) is 6.51. The Morgan fingerprint density at radius 2 is 2.28 bits per heavy atom. The molecule has 100 valence electrons. The minimum Gasteiger partial charge on any atom is -0.492 e. The van der Waals surface area contributed by atoms with Crippen molar-refractivity contribution in [3.05, 3.63) is 28.7 Å². The van der Waals surface area contributed by atoms with Gasteiger partial charge in [-0.2, -0.15) is 0 Å². The van der Waals surface area contributed by atoms with Crippen LogP contribution in [-0.2, 0) is 0 Å². The van der Waals surface area contributed by atoms with Gasteiger partial charge in [-0.15, -0.1) is 0 Å². The Kier molecular flexibility index (Phi) is 5.47. The van der Waals surface area contributed by atoms with Crippen LogP contribution in [0.1, 0.15) is 19.3 Å². The molecular formula is C14H20BrNO2. The first-order chi connectivity index (χ1) is 8.74. The van der Waals surface area contributed by atoms with Crippen molar-refractivity contribution in [1.82, 2.24) is 5.32 Å². The summed E-state index contributed by atoms with van der Waals surface area (Å²) in [7, 11) is 0. The number of aliphatic hydroxyl groups is 1. The number of halogens is 1. The summed E-state index contributed by atoms with van der Waals surface area (Å²) in [5, 5.41) is 12.8. The summed E-state index contributed by atoms with van der Waals surface area (Å²) in [4.78, 5) is 0. The number of nitrogens with one attached hydrogen (secondary N) is 1. The fourth-order valence-corrected chi connectivity index (χ4v) is 2.72. The Hall–Kier alpha value is -0.580. The molecule has 0 aromatic heterocycles. The van der Waals surface area contributed by atoms with Gasteiger partial charge >= 0.3 is 0 Å². The maximum Gasteiger partial charge on any atom is 0.120 e. The molecule has 1 aliphatic carbocycles. The molecule has 1 aliphatic rings. The average Bonchev–Trinajstić information content (AvgIpc) is 2.75. The maximum absolute atomic E-state index is 9.42. The van der Waals surface area contributed by atoms with Gasteiger partial charge in [-0.1, -0.05) is 22.0 Å². The van der Waals surface area contributed by atoms with Crippen molar-refractivity contribution in [2.24, 2.45) is 5.92 Å². The van der Waals surface area contributed by atoms with E-state index < -0.39 is 0 Å². The van der Waals surface area contributed by atoms with Crippen LogP contribution in [0.4, 0.5) is 0 Å². The summed E-state index contributed by atoms with van der Waals surface area (Å²) in [5.74, 6) is 1.52. The summed E-state index contributed by atoms with van der Waals surface area (Å²) in [5.41, 5.74) is 0. The van der Waals surface area contributed by atoms with E-state index in [9.17, 15) is 5.11 Å². The largest absolute Gasteiger partial charge is 0.492 e. The summed E-state index contributed by atoms with van der Waals surface area (Å²) >= 11 is 3.42. The highest BCUT2D eigenvalue weighted by atomic mass is 79.9. The lowest BCUT2D eigenvalue weighted by Crippen LogP contribution is -2.26. The Balaban J connectivity index is 1.56. The molecule has 0 heterocycles. The Morgan fingerprint density at radius 1 is 1.39 bits per heavy atom. The van der Waals surface area contributed by atoms with Crippen LogP contribution in [0.15, 0.2) is 28.7 Å². The van der Waals surface area contributed by atoms with Crippen LogP contribution >= 0.6 is 15.9 Å². The molecule has 0 bridgehead atoms. The van der Waals surface area contributed by atoms with Gasteiger partial charge in [0.05, 0.1) is 6.10 Å². The molecule has 1 fully saturated rings. The molecule has 0 radical (unpaired) electrons. The molecule has 0 spiro atoms. The van der Waals surface area contributed by atoms with Crippen molar-refractivity contribution >= 4 is 15.9 Å². The van der Waals surface area contributed by atoms with E-state index in [0.29, 0.717) is 12.5 Å². The van der Waals surface area contributed by atoms with Crippen LogP contribution in [0.2, 0.25) is 0 Å². The van der Waals surface area contributed by atoms with E-state index in [1.807, 2.05) is 24.3 Å². The molecule has 1 aromatic rings. The molecule has 1 aromatic carbocycles. The van der Waals surface area contributed by atoms with Crippen LogP contribution in [0.3, 0.4) is 0 Å². The Labute approximate surface area is 117 Å². The first-order valence-corrected chi connectivity index (χ1v) is 7.30. The van der Waals surface area contributed by atoms with E-state index in [2.05, 4.69) is 21.2 Å². The number of rotatable bonds is 6. The number of hydrogen-bond donors (Lipinski definition) is 2. The Bertz CT molecular complexity index is 373. The minimum atomic E-state index is -0.0743. The smallest absolute Gasteiger partial charge is 0.120 e. The van der Waals surface area contributed by atoms with E-state index >= 15 is 0 Å². The van der Waals surface area contributed by atoms with Gasteiger partial charge < -0.3 is 15.2 Å². The summed E-state index contributed by atoms with van der Waals surface area (Å²) in [6, 6.07) is 7.87. The normalized spacial score (nSPS) is 23.2. The number of benzene rings is 1. The van der Waals surface area contributed by atoms with Gasteiger partial charge in [-0.05, 0) is 49.9 Å². The molecular weight excluding hydrogens is 294 g/mol. The second-order valence-corrected chi connectivity index (χ2v) is 5.76. The van der Waals surface area contributed by atoms with Crippen molar-refractivity contribution in [1.29, 1.82) is 0 Å². The predicted octanol–water partition coefficient (Wildman–Crippen LogP) is 2.58. The van der Waals surface area contributed by atoms with Crippen molar-refractivity contribution in [2.45, 2.75) is 25.4 Å². The van der Waals surface area contributed by atoms with Gasteiger partial charge in [0.25, 0.3) is 0 Å². The van der Waals surface area contributed by atoms with Crippen molar-refractivity contribution in [3.8, 4) is 5.75 Å². The van der Waals surface area contributed by atoms with E-state index in [0.717, 1.165) is 42.6 Å². The van der Waals surface area contributed by atoms with Crippen LogP contribution in [-0.4, -0.2) is 30.9 Å². The van der Waals surface area contributed by atoms with E-state index in [1.54, 1.807) is 0 Å². The highest BCUT2D eigenvalue weighted by Crippen LogP contribution is 2.24. The zero-order valence-electron chi connectivity index (χ0n) is 10.4. The topological polar surface area (TPSA) is 41.5 Å². The van der Waals surface area contributed by atoms with E-state index in [-0.39, 0.29) is 6.10 Å². The summed E-state index contributed by atoms with van der Waals surface area (Å²) in [6.45, 7) is 2.50. The van der Waals surface area contributed by atoms with Crippen molar-refractivity contribution < 1.29 is 9.84 Å². The van der Waals surface area contributed by atoms with Crippen molar-refractivity contribution in [2.75, 3.05) is 19.7 Å². The third kappa shape index (κ3) is 4.59. The second kappa shape index (κ2) is 7.12. The zero-order chi connectivity index (χ0) is 12.8. The average molecular weight is 314 g/mol. The van der Waals surface area contributed by atoms with Gasteiger partial charge in [0.1, 0.15) is 12.4 Å². The molecule has 2 unspecified atom stereocenters. The van der Waals surface area contributed by atoms with Gasteiger partial charge in [0.2, 0.25) is 0 Å². The lowest BCUT2D eigenvalue weighted by atomic mass is 10.1. The molecule has 4 heteroatoms. The summed E-state index contributed by atoms with van der Waals surface area (Å²) < 4.78 is 6.67. The van der Waals surface area contributed by atoms with E-state index in [4.69, 9.17) is 4.74 Å². The number of aliphatic hydroxyl groups excluding tert-OH is 1. The van der Waals surface area contributed by atoms with Crippen molar-refractivity contribution in [3.63, 3.8) is 0 Å². The second-order valence-electron chi connectivity index (χ2n) is 4.84. The minimum absolute atomic E-state index is 0.0743. The monoisotopic (exact) mass is 313 g/mol. The fourth-order valence-electron chi connectivity index (χ4n) is 2.34. The third-order valence-electron chi connectivity index (χ3n) is 3.29. The maximum atomic E-state index is 9.42. The molecule has 2 atom stereocenters. The molecule has 2 rings (SSSR count). The first kappa shape index (κ1) is 13.8. The quantitative estimate of drug-likeness (QED) is 0.793. The van der Waals surface area contributed by atoms with Crippen LogP contribution in [0.5, 0.6) is 5.75 Å². The molecule has 0 saturated heterocycles. The number of hydrogen-bond acceptors (Lipinski definition) is 3. The molecule has 2 N–H and O–H groups in total. The van der Waals surface area contributed by atoms with Crippen LogP contribution < -0.4 is 10.1 Å². The van der Waals surface area contributed by atoms with Crippen LogP contribution in [0, 0.1) is 5.92 Å². The molecule has 3 nitrogen and oxygen atoms in total. The van der Waals surface area contributed by atoms with Gasteiger partial charge in [0.15, 0.2) is 0 Å². The molecule has 18 heavy (non-hydrogen) atoms. The standard InChI is InChI=1S/C14H20BrNO2/c15-12-2-1-3-14(9-12)18-7-6-16-10-11-4-5-13(17)8-11/h1-3,9,11,13,16-17H,4-8,10H2. The predicted molar refractivity (Wildman–Crippen MR) is 75.9 cm³/mol. The van der Waals surface area contributed by atoms with Gasteiger partial charge in [-0.25, -0.2) is 0 Å². The Morgan fingerprint density at radius 3 is 3.00 bits per heavy atom. The highest BCUT2D eigenvalue weighted by Gasteiger charge is 2.21. The lowest BCUT2D eigenvalue weighted by Gasteiger charge is -2.11. The lowest BCUT2D eigenvalue weighted by molar-refractivity contribution is 0.177. The molecule has 0 amide bonds. The molecule has 1 saturated carbocycles. The zero-order valence-corrected chi connectivity index (χ0v) is 12.0. The third-order valence-corrected chi connectivity index (χ3v) is 3.78. The van der Waals surface area contributed by atoms with Gasteiger partial charge in [-0.3, -0.25) is 0 Å².